The summed E-state index contributed by atoms with van der Waals surface area (Å²) in [5.74, 6) is 0. The number of halogens is 1. The number of aryl methyl sites for hydroxylation is 1. The molecule has 5 nitrogen and oxygen atoms in total. The Morgan fingerprint density at radius 3 is 2.89 bits per heavy atom. The average molecular weight is 275 g/mol. The second kappa shape index (κ2) is 4.51. The molecule has 0 saturated heterocycles. The molecule has 19 heavy (non-hydrogen) atoms. The fourth-order valence-electron chi connectivity index (χ4n) is 2.16. The average Bonchev–Trinajstić information content (AvgIpc) is 2.94. The lowest BCUT2D eigenvalue weighted by Crippen LogP contribution is -1.98. The van der Waals surface area contributed by atoms with Gasteiger partial charge in [0, 0.05) is 35.4 Å². The number of fused-ring (bicyclic) bond motifs is 1. The minimum absolute atomic E-state index is 0.554. The van der Waals surface area contributed by atoms with Crippen molar-refractivity contribution in [3.63, 3.8) is 0 Å². The molecule has 0 aliphatic carbocycles. The Bertz CT molecular complexity index is 759. The molecule has 2 heterocycles. The summed E-state index contributed by atoms with van der Waals surface area (Å²) in [6, 6.07) is 5.48. The second-order valence-electron chi connectivity index (χ2n) is 4.38. The van der Waals surface area contributed by atoms with Crippen LogP contribution in [0.5, 0.6) is 0 Å². The van der Waals surface area contributed by atoms with Crippen LogP contribution in [0.25, 0.3) is 10.9 Å². The van der Waals surface area contributed by atoms with Gasteiger partial charge in [0.25, 0.3) is 0 Å². The molecule has 1 aromatic carbocycles. The third-order valence-corrected chi connectivity index (χ3v) is 3.22. The van der Waals surface area contributed by atoms with Crippen molar-refractivity contribution in [1.29, 1.82) is 0 Å². The zero-order valence-electron chi connectivity index (χ0n) is 10.2. The Kier molecular flexibility index (Phi) is 2.83. The van der Waals surface area contributed by atoms with Gasteiger partial charge in [-0.3, -0.25) is 9.48 Å². The molecular formula is C13H11ClN4O. The van der Waals surface area contributed by atoms with Crippen LogP contribution < -0.4 is 0 Å². The van der Waals surface area contributed by atoms with E-state index in [0.717, 1.165) is 22.9 Å². The van der Waals surface area contributed by atoms with Gasteiger partial charge < -0.3 is 4.57 Å². The molecule has 3 aromatic rings. The number of hydrogen-bond donors (Lipinski definition) is 0. The van der Waals surface area contributed by atoms with Gasteiger partial charge in [0.1, 0.15) is 5.69 Å². The lowest BCUT2D eigenvalue weighted by Gasteiger charge is -2.02. The Hall–Kier alpha value is -2.14. The zero-order valence-corrected chi connectivity index (χ0v) is 11.0. The highest BCUT2D eigenvalue weighted by molar-refractivity contribution is 6.31. The van der Waals surface area contributed by atoms with Crippen LogP contribution >= 0.6 is 11.6 Å². The molecule has 2 aromatic heterocycles. The minimum atomic E-state index is 0.554. The molecule has 0 atom stereocenters. The van der Waals surface area contributed by atoms with Crippen molar-refractivity contribution >= 4 is 28.8 Å². The molecule has 0 spiro atoms. The Labute approximate surface area is 114 Å². The number of nitrogens with zero attached hydrogens (tertiary/aromatic N) is 4. The van der Waals surface area contributed by atoms with Gasteiger partial charge in [0.15, 0.2) is 6.29 Å². The fraction of sp³-hybridized carbons (Fsp3) is 0.154. The molecule has 0 radical (unpaired) electrons. The van der Waals surface area contributed by atoms with E-state index in [1.807, 2.05) is 36.1 Å². The molecule has 6 heteroatoms. The molecule has 0 fully saturated rings. The lowest BCUT2D eigenvalue weighted by atomic mass is 10.2. The van der Waals surface area contributed by atoms with Crippen molar-refractivity contribution in [1.82, 2.24) is 19.6 Å². The summed E-state index contributed by atoms with van der Waals surface area (Å²) in [6.07, 6.45) is 4.50. The lowest BCUT2D eigenvalue weighted by molar-refractivity contribution is 0.112. The van der Waals surface area contributed by atoms with Crippen molar-refractivity contribution in [3.8, 4) is 0 Å². The molecule has 0 unspecified atom stereocenters. The molecule has 96 valence electrons. The summed E-state index contributed by atoms with van der Waals surface area (Å²) >= 11 is 6.02. The second-order valence-corrected chi connectivity index (χ2v) is 4.81. The van der Waals surface area contributed by atoms with Gasteiger partial charge in [-0.1, -0.05) is 22.9 Å². The molecule has 0 aliphatic heterocycles. The third kappa shape index (κ3) is 2.13. The molecule has 0 bridgehead atoms. The number of carbonyl (C=O) groups excluding carboxylic acids is 1. The highest BCUT2D eigenvalue weighted by Crippen LogP contribution is 2.24. The maximum atomic E-state index is 11.1. The minimum Gasteiger partial charge on any atom is -0.341 e. The standard InChI is InChI=1S/C13H11ClN4O/c1-17-6-11(15-16-17)7-18-5-9(8-19)12-3-2-10(14)4-13(12)18/h2-6,8H,7H2,1H3. The number of hydrogen-bond acceptors (Lipinski definition) is 3. The number of benzene rings is 1. The van der Waals surface area contributed by atoms with Crippen molar-refractivity contribution in [3.05, 3.63) is 46.9 Å². The van der Waals surface area contributed by atoms with E-state index in [-0.39, 0.29) is 0 Å². The van der Waals surface area contributed by atoms with Crippen molar-refractivity contribution in [2.45, 2.75) is 6.54 Å². The largest absolute Gasteiger partial charge is 0.341 e. The molecule has 3 rings (SSSR count). The van der Waals surface area contributed by atoms with Crippen LogP contribution in [-0.4, -0.2) is 25.8 Å². The zero-order chi connectivity index (χ0) is 13.4. The Balaban J connectivity index is 2.12. The van der Waals surface area contributed by atoms with E-state index in [0.29, 0.717) is 17.1 Å². The number of aldehydes is 1. The number of rotatable bonds is 3. The first-order valence-electron chi connectivity index (χ1n) is 5.76. The van der Waals surface area contributed by atoms with Gasteiger partial charge in [-0.15, -0.1) is 5.10 Å². The van der Waals surface area contributed by atoms with Gasteiger partial charge >= 0.3 is 0 Å². The Morgan fingerprint density at radius 2 is 2.21 bits per heavy atom. The summed E-state index contributed by atoms with van der Waals surface area (Å²) in [4.78, 5) is 11.1. The van der Waals surface area contributed by atoms with Crippen molar-refractivity contribution in [2.75, 3.05) is 0 Å². The quantitative estimate of drug-likeness (QED) is 0.689. The van der Waals surface area contributed by atoms with Crippen LogP contribution in [0.1, 0.15) is 16.1 Å². The number of aromatic nitrogens is 4. The summed E-state index contributed by atoms with van der Waals surface area (Å²) < 4.78 is 3.60. The number of carbonyl (C=O) groups is 1. The van der Waals surface area contributed by atoms with Crippen molar-refractivity contribution < 1.29 is 4.79 Å². The van der Waals surface area contributed by atoms with Crippen LogP contribution in [0.2, 0.25) is 5.02 Å². The molecular weight excluding hydrogens is 264 g/mol. The van der Waals surface area contributed by atoms with E-state index in [2.05, 4.69) is 10.3 Å². The van der Waals surface area contributed by atoms with Crippen LogP contribution in [0.15, 0.2) is 30.6 Å². The molecule has 0 aliphatic rings. The van der Waals surface area contributed by atoms with E-state index in [9.17, 15) is 4.79 Å². The van der Waals surface area contributed by atoms with Gasteiger partial charge in [-0.2, -0.15) is 0 Å². The SMILES string of the molecule is Cn1cc(Cn2cc(C=O)c3ccc(Cl)cc32)nn1. The smallest absolute Gasteiger partial charge is 0.152 e. The maximum Gasteiger partial charge on any atom is 0.152 e. The highest BCUT2D eigenvalue weighted by Gasteiger charge is 2.10. The van der Waals surface area contributed by atoms with Crippen LogP contribution in [0.4, 0.5) is 0 Å². The third-order valence-electron chi connectivity index (χ3n) is 2.98. The van der Waals surface area contributed by atoms with E-state index in [1.54, 1.807) is 10.7 Å². The van der Waals surface area contributed by atoms with Gasteiger partial charge in [0.2, 0.25) is 0 Å². The molecule has 0 amide bonds. The van der Waals surface area contributed by atoms with Crippen molar-refractivity contribution in [2.24, 2.45) is 7.05 Å². The normalized spacial score (nSPS) is 11.1. The maximum absolute atomic E-state index is 11.1. The summed E-state index contributed by atoms with van der Waals surface area (Å²) in [7, 11) is 1.82. The first kappa shape index (κ1) is 11.9. The van der Waals surface area contributed by atoms with Crippen LogP contribution in [0, 0.1) is 0 Å². The van der Waals surface area contributed by atoms with E-state index in [4.69, 9.17) is 11.6 Å². The Morgan fingerprint density at radius 1 is 1.37 bits per heavy atom. The van der Waals surface area contributed by atoms with Crippen LogP contribution in [-0.2, 0) is 13.6 Å². The topological polar surface area (TPSA) is 52.7 Å². The summed E-state index contributed by atoms with van der Waals surface area (Å²) in [5, 5.41) is 9.48. The first-order valence-corrected chi connectivity index (χ1v) is 6.14. The van der Waals surface area contributed by atoms with Gasteiger partial charge in [-0.05, 0) is 12.1 Å². The van der Waals surface area contributed by atoms with Gasteiger partial charge in [-0.25, -0.2) is 0 Å². The van der Waals surface area contributed by atoms with E-state index < -0.39 is 0 Å². The van der Waals surface area contributed by atoms with Gasteiger partial charge in [0.05, 0.1) is 12.1 Å². The molecule has 0 saturated carbocycles. The van der Waals surface area contributed by atoms with E-state index in [1.165, 1.54) is 0 Å². The van der Waals surface area contributed by atoms with Crippen LogP contribution in [0.3, 0.4) is 0 Å². The molecule has 0 N–H and O–H groups in total. The summed E-state index contributed by atoms with van der Waals surface area (Å²) in [5.41, 5.74) is 2.40. The highest BCUT2D eigenvalue weighted by atomic mass is 35.5. The predicted molar refractivity (Wildman–Crippen MR) is 72.4 cm³/mol. The predicted octanol–water partition coefficient (Wildman–Crippen LogP) is 2.28. The summed E-state index contributed by atoms with van der Waals surface area (Å²) in [6.45, 7) is 0.554. The van der Waals surface area contributed by atoms with E-state index >= 15 is 0 Å². The fourth-order valence-corrected chi connectivity index (χ4v) is 2.33. The first-order chi connectivity index (χ1) is 9.17. The monoisotopic (exact) mass is 274 g/mol.